The average molecular weight is 242 g/mol. The maximum Gasteiger partial charge on any atom is 0.0402 e. The van der Waals surface area contributed by atoms with E-state index in [4.69, 9.17) is 5.73 Å². The fraction of sp³-hybridized carbons (Fsp3) is 1.00. The summed E-state index contributed by atoms with van der Waals surface area (Å²) in [7, 11) is 0. The maximum atomic E-state index is 6.06. The summed E-state index contributed by atoms with van der Waals surface area (Å²) in [6.07, 6.45) is 6.74. The highest BCUT2D eigenvalue weighted by Crippen LogP contribution is 2.39. The Bertz CT molecular complexity index is 236. The fourth-order valence-electron chi connectivity index (χ4n) is 3.33. The third kappa shape index (κ3) is 2.93. The third-order valence-corrected chi connectivity index (χ3v) is 5.69. The first kappa shape index (κ1) is 12.7. The molecule has 0 radical (unpaired) electrons. The van der Waals surface area contributed by atoms with Gasteiger partial charge >= 0.3 is 0 Å². The van der Waals surface area contributed by atoms with E-state index in [1.54, 1.807) is 0 Å². The number of hydrogen-bond donors (Lipinski definition) is 2. The number of nitrogens with two attached hydrogens (primary N) is 1. The minimum absolute atomic E-state index is 0.210. The van der Waals surface area contributed by atoms with Gasteiger partial charge in [0.05, 0.1) is 0 Å². The van der Waals surface area contributed by atoms with E-state index in [1.165, 1.54) is 43.6 Å². The highest BCUT2D eigenvalue weighted by molar-refractivity contribution is 7.99. The van der Waals surface area contributed by atoms with E-state index >= 15 is 0 Å². The van der Waals surface area contributed by atoms with E-state index in [9.17, 15) is 0 Å². The monoisotopic (exact) mass is 242 g/mol. The molecule has 0 spiro atoms. The summed E-state index contributed by atoms with van der Waals surface area (Å²) < 4.78 is 0. The van der Waals surface area contributed by atoms with Gasteiger partial charge in [-0.3, -0.25) is 0 Å². The zero-order chi connectivity index (χ0) is 11.6. The van der Waals surface area contributed by atoms with E-state index in [2.05, 4.69) is 30.9 Å². The Morgan fingerprint density at radius 2 is 1.94 bits per heavy atom. The van der Waals surface area contributed by atoms with Crippen LogP contribution in [0.4, 0.5) is 0 Å². The second kappa shape index (κ2) is 4.87. The van der Waals surface area contributed by atoms with Crippen LogP contribution in [0.5, 0.6) is 0 Å². The first-order valence-corrected chi connectivity index (χ1v) is 7.76. The Morgan fingerprint density at radius 1 is 1.25 bits per heavy atom. The smallest absolute Gasteiger partial charge is 0.0402 e. The van der Waals surface area contributed by atoms with Crippen molar-refractivity contribution in [3.63, 3.8) is 0 Å². The SMILES string of the molecule is CC1(C)CSCC(CN)(NC2CCCC2)C1. The zero-order valence-electron chi connectivity index (χ0n) is 10.7. The molecule has 1 aliphatic carbocycles. The lowest BCUT2D eigenvalue weighted by molar-refractivity contribution is 0.210. The van der Waals surface area contributed by atoms with Crippen LogP contribution in [0.15, 0.2) is 0 Å². The van der Waals surface area contributed by atoms with Crippen molar-refractivity contribution in [2.75, 3.05) is 18.1 Å². The van der Waals surface area contributed by atoms with Crippen LogP contribution in [-0.4, -0.2) is 29.6 Å². The number of hydrogen-bond acceptors (Lipinski definition) is 3. The first-order valence-electron chi connectivity index (χ1n) is 6.61. The van der Waals surface area contributed by atoms with Crippen LogP contribution in [0.1, 0.15) is 46.0 Å². The van der Waals surface area contributed by atoms with Crippen molar-refractivity contribution in [3.05, 3.63) is 0 Å². The molecule has 1 aliphatic heterocycles. The normalized spacial score (nSPS) is 35.4. The third-order valence-electron chi connectivity index (χ3n) is 3.94. The van der Waals surface area contributed by atoms with Gasteiger partial charge in [0.1, 0.15) is 0 Å². The fourth-order valence-corrected chi connectivity index (χ4v) is 4.78. The molecule has 1 saturated heterocycles. The summed E-state index contributed by atoms with van der Waals surface area (Å²) in [5.41, 5.74) is 6.71. The highest BCUT2D eigenvalue weighted by atomic mass is 32.2. The van der Waals surface area contributed by atoms with E-state index in [1.807, 2.05) is 0 Å². The van der Waals surface area contributed by atoms with Crippen molar-refractivity contribution in [3.8, 4) is 0 Å². The number of nitrogens with one attached hydrogen (secondary N) is 1. The van der Waals surface area contributed by atoms with Crippen molar-refractivity contribution in [2.45, 2.75) is 57.5 Å². The van der Waals surface area contributed by atoms with E-state index in [0.717, 1.165) is 12.6 Å². The summed E-state index contributed by atoms with van der Waals surface area (Å²) in [5.74, 6) is 2.48. The molecule has 1 saturated carbocycles. The predicted molar refractivity (Wildman–Crippen MR) is 72.9 cm³/mol. The molecule has 2 nitrogen and oxygen atoms in total. The molecule has 3 heteroatoms. The molecule has 2 aliphatic rings. The largest absolute Gasteiger partial charge is 0.329 e. The average Bonchev–Trinajstić information content (AvgIpc) is 2.69. The minimum Gasteiger partial charge on any atom is -0.329 e. The summed E-state index contributed by atoms with van der Waals surface area (Å²) in [4.78, 5) is 0. The van der Waals surface area contributed by atoms with Gasteiger partial charge in [0.2, 0.25) is 0 Å². The van der Waals surface area contributed by atoms with Gasteiger partial charge in [-0.2, -0.15) is 11.8 Å². The molecule has 16 heavy (non-hydrogen) atoms. The number of thioether (sulfide) groups is 1. The molecular formula is C13H26N2S. The number of rotatable bonds is 3. The minimum atomic E-state index is 0.210. The maximum absolute atomic E-state index is 6.06. The van der Waals surface area contributed by atoms with E-state index in [-0.39, 0.29) is 5.54 Å². The van der Waals surface area contributed by atoms with Crippen molar-refractivity contribution in [1.82, 2.24) is 5.32 Å². The molecule has 0 amide bonds. The first-order chi connectivity index (χ1) is 7.55. The predicted octanol–water partition coefficient (Wildman–Crippen LogP) is 2.38. The summed E-state index contributed by atoms with van der Waals surface area (Å²) >= 11 is 2.07. The summed E-state index contributed by atoms with van der Waals surface area (Å²) in [6, 6.07) is 0.734. The Kier molecular flexibility index (Phi) is 3.87. The summed E-state index contributed by atoms with van der Waals surface area (Å²) in [6.45, 7) is 5.54. The van der Waals surface area contributed by atoms with Gasteiger partial charge in [-0.05, 0) is 30.4 Å². The van der Waals surface area contributed by atoms with Crippen LogP contribution in [0, 0.1) is 5.41 Å². The van der Waals surface area contributed by atoms with Gasteiger partial charge < -0.3 is 11.1 Å². The van der Waals surface area contributed by atoms with Crippen LogP contribution in [-0.2, 0) is 0 Å². The van der Waals surface area contributed by atoms with Gasteiger partial charge in [-0.1, -0.05) is 26.7 Å². The van der Waals surface area contributed by atoms with Crippen molar-refractivity contribution >= 4 is 11.8 Å². The lowest BCUT2D eigenvalue weighted by Crippen LogP contribution is -2.60. The molecule has 0 aromatic heterocycles. The standard InChI is InChI=1S/C13H26N2S/c1-12(2)7-13(8-14,10-16-9-12)15-11-5-3-4-6-11/h11,15H,3-10,14H2,1-2H3. The second-order valence-electron chi connectivity index (χ2n) is 6.44. The van der Waals surface area contributed by atoms with Gasteiger partial charge in [0.25, 0.3) is 0 Å². The van der Waals surface area contributed by atoms with Gasteiger partial charge in [0, 0.05) is 23.9 Å². The molecule has 1 heterocycles. The molecule has 1 atom stereocenters. The Labute approximate surface area is 104 Å². The van der Waals surface area contributed by atoms with Crippen LogP contribution >= 0.6 is 11.8 Å². The van der Waals surface area contributed by atoms with Crippen molar-refractivity contribution < 1.29 is 0 Å². The molecule has 2 rings (SSSR count). The van der Waals surface area contributed by atoms with E-state index < -0.39 is 0 Å². The molecule has 94 valence electrons. The molecule has 0 aromatic carbocycles. The van der Waals surface area contributed by atoms with Crippen LogP contribution in [0.25, 0.3) is 0 Å². The Balaban J connectivity index is 2.00. The summed E-state index contributed by atoms with van der Waals surface area (Å²) in [5, 5.41) is 3.89. The van der Waals surface area contributed by atoms with Gasteiger partial charge in [0.15, 0.2) is 0 Å². The molecular weight excluding hydrogens is 216 g/mol. The van der Waals surface area contributed by atoms with E-state index in [0.29, 0.717) is 5.41 Å². The van der Waals surface area contributed by atoms with Crippen molar-refractivity contribution in [1.29, 1.82) is 0 Å². The Morgan fingerprint density at radius 3 is 2.50 bits per heavy atom. The lowest BCUT2D eigenvalue weighted by atomic mass is 9.79. The van der Waals surface area contributed by atoms with Crippen molar-refractivity contribution in [2.24, 2.45) is 11.1 Å². The van der Waals surface area contributed by atoms with Crippen LogP contribution in [0.3, 0.4) is 0 Å². The van der Waals surface area contributed by atoms with Gasteiger partial charge in [-0.15, -0.1) is 0 Å². The highest BCUT2D eigenvalue weighted by Gasteiger charge is 2.40. The molecule has 0 bridgehead atoms. The molecule has 3 N–H and O–H groups in total. The molecule has 2 fully saturated rings. The van der Waals surface area contributed by atoms with Crippen LogP contribution < -0.4 is 11.1 Å². The lowest BCUT2D eigenvalue weighted by Gasteiger charge is -2.46. The van der Waals surface area contributed by atoms with Crippen LogP contribution in [0.2, 0.25) is 0 Å². The second-order valence-corrected chi connectivity index (χ2v) is 7.43. The Hall–Kier alpha value is 0.270. The molecule has 0 aromatic rings. The zero-order valence-corrected chi connectivity index (χ0v) is 11.5. The topological polar surface area (TPSA) is 38.0 Å². The van der Waals surface area contributed by atoms with Gasteiger partial charge in [-0.25, -0.2) is 0 Å². The quantitative estimate of drug-likeness (QED) is 0.798. The molecule has 1 unspecified atom stereocenters.